The molecule has 1 aliphatic heterocycles. The van der Waals surface area contributed by atoms with Crippen LogP contribution in [0.2, 0.25) is 0 Å². The van der Waals surface area contributed by atoms with Crippen LogP contribution in [0.3, 0.4) is 0 Å². The molecule has 0 saturated carbocycles. The molecule has 0 aromatic rings. The van der Waals surface area contributed by atoms with E-state index >= 15 is 0 Å². The number of unbranched alkanes of at least 4 members (excludes halogenated alkanes) is 3. The third-order valence-corrected chi connectivity index (χ3v) is 4.07. The topological polar surface area (TPSA) is 15.3 Å². The van der Waals surface area contributed by atoms with Crippen LogP contribution in [0.4, 0.5) is 0 Å². The van der Waals surface area contributed by atoms with E-state index in [9.17, 15) is 0 Å². The van der Waals surface area contributed by atoms with E-state index in [1.807, 2.05) is 7.05 Å². The van der Waals surface area contributed by atoms with Crippen molar-refractivity contribution in [2.75, 3.05) is 33.2 Å². The van der Waals surface area contributed by atoms with Gasteiger partial charge >= 0.3 is 0 Å². The molecular weight excluding hydrogens is 196 g/mol. The Kier molecular flexibility index (Phi) is 7.06. The molecule has 0 bridgehead atoms. The highest BCUT2D eigenvalue weighted by Gasteiger charge is 2.21. The minimum Gasteiger partial charge on any atom is -0.320 e. The van der Waals surface area contributed by atoms with Crippen LogP contribution < -0.4 is 5.32 Å². The molecule has 0 radical (unpaired) electrons. The Balaban J connectivity index is 1.97. The standard InChI is InChI=1S/C14H30N2/c1-13-8-11-16(12-14(13)2)10-7-5-4-6-9-15-3/h13-15H,4-12H2,1-3H3. The average Bonchev–Trinajstić information content (AvgIpc) is 2.28. The van der Waals surface area contributed by atoms with Crippen LogP contribution in [-0.2, 0) is 0 Å². The SMILES string of the molecule is CNCCCCCCN1CCC(C)C(C)C1. The van der Waals surface area contributed by atoms with E-state index in [2.05, 4.69) is 24.1 Å². The van der Waals surface area contributed by atoms with Gasteiger partial charge in [0.05, 0.1) is 0 Å². The van der Waals surface area contributed by atoms with E-state index in [1.54, 1.807) is 0 Å². The van der Waals surface area contributed by atoms with E-state index < -0.39 is 0 Å². The first kappa shape index (κ1) is 14.0. The Morgan fingerprint density at radius 2 is 1.81 bits per heavy atom. The van der Waals surface area contributed by atoms with E-state index in [0.29, 0.717) is 0 Å². The Bertz CT molecular complexity index is 170. The summed E-state index contributed by atoms with van der Waals surface area (Å²) in [6, 6.07) is 0. The van der Waals surface area contributed by atoms with Gasteiger partial charge in [-0.1, -0.05) is 26.7 Å². The van der Waals surface area contributed by atoms with Gasteiger partial charge in [-0.2, -0.15) is 0 Å². The van der Waals surface area contributed by atoms with Crippen molar-refractivity contribution in [1.82, 2.24) is 10.2 Å². The minimum atomic E-state index is 0.901. The first-order chi connectivity index (χ1) is 7.74. The summed E-state index contributed by atoms with van der Waals surface area (Å²) in [4.78, 5) is 2.67. The van der Waals surface area contributed by atoms with Gasteiger partial charge in [-0.15, -0.1) is 0 Å². The molecule has 1 N–H and O–H groups in total. The molecule has 0 amide bonds. The van der Waals surface area contributed by atoms with Crippen LogP contribution in [0.25, 0.3) is 0 Å². The summed E-state index contributed by atoms with van der Waals surface area (Å²) in [6.45, 7) is 9.98. The Labute approximate surface area is 102 Å². The zero-order chi connectivity index (χ0) is 11.8. The lowest BCUT2D eigenvalue weighted by Gasteiger charge is -2.35. The van der Waals surface area contributed by atoms with Crippen molar-refractivity contribution in [1.29, 1.82) is 0 Å². The summed E-state index contributed by atoms with van der Waals surface area (Å²) in [6.07, 6.45) is 6.93. The molecule has 16 heavy (non-hydrogen) atoms. The number of rotatable bonds is 7. The molecule has 0 aliphatic carbocycles. The van der Waals surface area contributed by atoms with E-state index in [0.717, 1.165) is 11.8 Å². The molecule has 2 heteroatoms. The first-order valence-corrected chi connectivity index (χ1v) is 7.11. The molecule has 1 heterocycles. The molecule has 96 valence electrons. The highest BCUT2D eigenvalue weighted by atomic mass is 15.1. The normalized spacial score (nSPS) is 27.2. The van der Waals surface area contributed by atoms with Gasteiger partial charge in [0.1, 0.15) is 0 Å². The lowest BCUT2D eigenvalue weighted by Crippen LogP contribution is -2.38. The number of piperidine rings is 1. The fraction of sp³-hybridized carbons (Fsp3) is 1.00. The van der Waals surface area contributed by atoms with Crippen molar-refractivity contribution in [2.45, 2.75) is 46.0 Å². The molecule has 0 spiro atoms. The molecule has 2 unspecified atom stereocenters. The highest BCUT2D eigenvalue weighted by Crippen LogP contribution is 2.22. The van der Waals surface area contributed by atoms with Crippen LogP contribution in [0.1, 0.15) is 46.0 Å². The number of nitrogens with one attached hydrogen (secondary N) is 1. The maximum Gasteiger partial charge on any atom is 0.000957 e. The maximum absolute atomic E-state index is 3.21. The Hall–Kier alpha value is -0.0800. The molecule has 1 rings (SSSR count). The maximum atomic E-state index is 3.21. The monoisotopic (exact) mass is 226 g/mol. The Morgan fingerprint density at radius 1 is 1.06 bits per heavy atom. The molecular formula is C14H30N2. The van der Waals surface area contributed by atoms with Crippen molar-refractivity contribution in [2.24, 2.45) is 11.8 Å². The summed E-state index contributed by atoms with van der Waals surface area (Å²) in [5, 5.41) is 3.21. The van der Waals surface area contributed by atoms with Gasteiger partial charge in [0.15, 0.2) is 0 Å². The van der Waals surface area contributed by atoms with Crippen LogP contribution in [0.5, 0.6) is 0 Å². The lowest BCUT2D eigenvalue weighted by atomic mass is 9.88. The third-order valence-electron chi connectivity index (χ3n) is 4.07. The molecule has 2 nitrogen and oxygen atoms in total. The number of nitrogens with zero attached hydrogens (tertiary/aromatic N) is 1. The van der Waals surface area contributed by atoms with Gasteiger partial charge in [-0.3, -0.25) is 0 Å². The highest BCUT2D eigenvalue weighted by molar-refractivity contribution is 4.74. The summed E-state index contributed by atoms with van der Waals surface area (Å²) in [5.74, 6) is 1.84. The first-order valence-electron chi connectivity index (χ1n) is 7.11. The second-order valence-corrected chi connectivity index (χ2v) is 5.56. The van der Waals surface area contributed by atoms with Crippen molar-refractivity contribution < 1.29 is 0 Å². The van der Waals surface area contributed by atoms with Gasteiger partial charge < -0.3 is 10.2 Å². The number of hydrogen-bond acceptors (Lipinski definition) is 2. The van der Waals surface area contributed by atoms with Crippen LogP contribution >= 0.6 is 0 Å². The summed E-state index contributed by atoms with van der Waals surface area (Å²) in [5.41, 5.74) is 0. The predicted molar refractivity (Wildman–Crippen MR) is 71.8 cm³/mol. The largest absolute Gasteiger partial charge is 0.320 e. The van der Waals surface area contributed by atoms with Crippen molar-refractivity contribution in [3.05, 3.63) is 0 Å². The fourth-order valence-electron chi connectivity index (χ4n) is 2.54. The van der Waals surface area contributed by atoms with Gasteiger partial charge in [0.2, 0.25) is 0 Å². The summed E-state index contributed by atoms with van der Waals surface area (Å²) >= 11 is 0. The average molecular weight is 226 g/mol. The molecule has 1 saturated heterocycles. The van der Waals surface area contributed by atoms with Crippen molar-refractivity contribution in [3.8, 4) is 0 Å². The third kappa shape index (κ3) is 5.31. The molecule has 0 aromatic carbocycles. The van der Waals surface area contributed by atoms with Gasteiger partial charge in [-0.05, 0) is 57.8 Å². The summed E-state index contributed by atoms with van der Waals surface area (Å²) in [7, 11) is 2.04. The lowest BCUT2D eigenvalue weighted by molar-refractivity contribution is 0.136. The van der Waals surface area contributed by atoms with Crippen molar-refractivity contribution >= 4 is 0 Å². The minimum absolute atomic E-state index is 0.901. The second kappa shape index (κ2) is 8.08. The molecule has 2 atom stereocenters. The smallest absolute Gasteiger partial charge is 0.000957 e. The van der Waals surface area contributed by atoms with Gasteiger partial charge in [-0.25, -0.2) is 0 Å². The zero-order valence-electron chi connectivity index (χ0n) is 11.5. The van der Waals surface area contributed by atoms with Crippen LogP contribution in [0, 0.1) is 11.8 Å². The quantitative estimate of drug-likeness (QED) is 0.672. The van der Waals surface area contributed by atoms with E-state index in [1.165, 1.54) is 58.3 Å². The van der Waals surface area contributed by atoms with Gasteiger partial charge in [0, 0.05) is 6.54 Å². The fourth-order valence-corrected chi connectivity index (χ4v) is 2.54. The number of likely N-dealkylation sites (tertiary alicyclic amines) is 1. The number of hydrogen-bond donors (Lipinski definition) is 1. The van der Waals surface area contributed by atoms with Crippen molar-refractivity contribution in [3.63, 3.8) is 0 Å². The zero-order valence-corrected chi connectivity index (χ0v) is 11.5. The predicted octanol–water partition coefficient (Wildman–Crippen LogP) is 2.74. The second-order valence-electron chi connectivity index (χ2n) is 5.56. The summed E-state index contributed by atoms with van der Waals surface area (Å²) < 4.78 is 0. The molecule has 1 fully saturated rings. The van der Waals surface area contributed by atoms with E-state index in [-0.39, 0.29) is 0 Å². The Morgan fingerprint density at radius 3 is 2.50 bits per heavy atom. The van der Waals surface area contributed by atoms with Crippen LogP contribution in [0.15, 0.2) is 0 Å². The van der Waals surface area contributed by atoms with Gasteiger partial charge in [0.25, 0.3) is 0 Å². The van der Waals surface area contributed by atoms with E-state index in [4.69, 9.17) is 0 Å². The molecule has 1 aliphatic rings. The van der Waals surface area contributed by atoms with Crippen LogP contribution in [-0.4, -0.2) is 38.1 Å². The molecule has 0 aromatic heterocycles.